The van der Waals surface area contributed by atoms with Crippen LogP contribution in [0.1, 0.15) is 12.0 Å². The molecule has 0 aliphatic carbocycles. The van der Waals surface area contributed by atoms with Gasteiger partial charge in [-0.15, -0.1) is 0 Å². The Morgan fingerprint density at radius 2 is 2.15 bits per heavy atom. The van der Waals surface area contributed by atoms with E-state index in [2.05, 4.69) is 41.0 Å². The third-order valence-electron chi connectivity index (χ3n) is 2.42. The summed E-state index contributed by atoms with van der Waals surface area (Å²) in [6.07, 6.45) is 1.20. The predicted octanol–water partition coefficient (Wildman–Crippen LogP) is 1.15. The van der Waals surface area contributed by atoms with Crippen LogP contribution in [0.25, 0.3) is 0 Å². The zero-order valence-electron chi connectivity index (χ0n) is 7.74. The van der Waals surface area contributed by atoms with Gasteiger partial charge in [-0.3, -0.25) is 0 Å². The summed E-state index contributed by atoms with van der Waals surface area (Å²) in [7, 11) is 0. The average Bonchev–Trinajstić information content (AvgIpc) is 2.69. The van der Waals surface area contributed by atoms with Gasteiger partial charge in [0, 0.05) is 25.7 Å². The molecule has 2 heteroatoms. The Morgan fingerprint density at radius 1 is 1.31 bits per heavy atom. The second-order valence-corrected chi connectivity index (χ2v) is 3.48. The zero-order chi connectivity index (χ0) is 8.93. The quantitative estimate of drug-likeness (QED) is 0.733. The highest BCUT2D eigenvalue weighted by atomic mass is 15.0. The molecule has 1 unspecified atom stereocenters. The SMILES string of the molecule is c1ccc(CNC2CC[N]C2)cc1. The van der Waals surface area contributed by atoms with Crippen molar-refractivity contribution in [1.82, 2.24) is 10.6 Å². The minimum atomic E-state index is 0.611. The van der Waals surface area contributed by atoms with E-state index < -0.39 is 0 Å². The molecule has 13 heavy (non-hydrogen) atoms. The Morgan fingerprint density at radius 3 is 2.85 bits per heavy atom. The largest absolute Gasteiger partial charge is 0.309 e. The van der Waals surface area contributed by atoms with Crippen molar-refractivity contribution in [1.29, 1.82) is 0 Å². The van der Waals surface area contributed by atoms with E-state index in [0.29, 0.717) is 6.04 Å². The molecule has 2 nitrogen and oxygen atoms in total. The van der Waals surface area contributed by atoms with E-state index in [9.17, 15) is 0 Å². The van der Waals surface area contributed by atoms with Crippen LogP contribution in [-0.2, 0) is 6.54 Å². The first-order chi connectivity index (χ1) is 6.45. The minimum Gasteiger partial charge on any atom is -0.309 e. The lowest BCUT2D eigenvalue weighted by molar-refractivity contribution is 0.546. The van der Waals surface area contributed by atoms with Gasteiger partial charge in [-0.1, -0.05) is 30.3 Å². The average molecular weight is 175 g/mol. The van der Waals surface area contributed by atoms with Gasteiger partial charge < -0.3 is 5.32 Å². The standard InChI is InChI=1S/C11H15N2/c1-2-4-10(5-3-1)8-13-11-6-7-12-9-11/h1-5,11,13H,6-9H2. The first-order valence-corrected chi connectivity index (χ1v) is 4.86. The second kappa shape index (κ2) is 4.40. The van der Waals surface area contributed by atoms with Crippen LogP contribution >= 0.6 is 0 Å². The lowest BCUT2D eigenvalue weighted by Crippen LogP contribution is -2.29. The number of rotatable bonds is 3. The summed E-state index contributed by atoms with van der Waals surface area (Å²) in [5.74, 6) is 0. The Balaban J connectivity index is 1.79. The van der Waals surface area contributed by atoms with Gasteiger partial charge in [-0.05, 0) is 12.0 Å². The number of hydrogen-bond acceptors (Lipinski definition) is 1. The van der Waals surface area contributed by atoms with Gasteiger partial charge in [-0.2, -0.15) is 0 Å². The van der Waals surface area contributed by atoms with Gasteiger partial charge in [0.1, 0.15) is 0 Å². The van der Waals surface area contributed by atoms with E-state index in [1.165, 1.54) is 12.0 Å². The molecule has 2 rings (SSSR count). The van der Waals surface area contributed by atoms with Gasteiger partial charge >= 0.3 is 0 Å². The molecule has 0 spiro atoms. The van der Waals surface area contributed by atoms with Gasteiger partial charge in [-0.25, -0.2) is 5.32 Å². The molecule has 0 saturated carbocycles. The van der Waals surface area contributed by atoms with Crippen LogP contribution in [0.4, 0.5) is 0 Å². The van der Waals surface area contributed by atoms with Gasteiger partial charge in [0.25, 0.3) is 0 Å². The van der Waals surface area contributed by atoms with Crippen LogP contribution in [0.5, 0.6) is 0 Å². The van der Waals surface area contributed by atoms with E-state index in [-0.39, 0.29) is 0 Å². The summed E-state index contributed by atoms with van der Waals surface area (Å²) in [6.45, 7) is 3.00. The Kier molecular flexibility index (Phi) is 2.95. The third-order valence-corrected chi connectivity index (χ3v) is 2.42. The monoisotopic (exact) mass is 175 g/mol. The summed E-state index contributed by atoms with van der Waals surface area (Å²) in [5, 5.41) is 7.82. The number of nitrogens with one attached hydrogen (secondary N) is 1. The maximum Gasteiger partial charge on any atom is 0.0288 e. The second-order valence-electron chi connectivity index (χ2n) is 3.48. The zero-order valence-corrected chi connectivity index (χ0v) is 7.74. The number of benzene rings is 1. The fourth-order valence-electron chi connectivity index (χ4n) is 1.61. The minimum absolute atomic E-state index is 0.611. The van der Waals surface area contributed by atoms with Crippen LogP contribution < -0.4 is 10.6 Å². The Labute approximate surface area is 79.4 Å². The van der Waals surface area contributed by atoms with Crippen LogP contribution in [0.3, 0.4) is 0 Å². The van der Waals surface area contributed by atoms with E-state index in [4.69, 9.17) is 0 Å². The highest BCUT2D eigenvalue weighted by molar-refractivity contribution is 5.14. The van der Waals surface area contributed by atoms with Crippen molar-refractivity contribution < 1.29 is 0 Å². The summed E-state index contributed by atoms with van der Waals surface area (Å²) in [6, 6.07) is 11.1. The lowest BCUT2D eigenvalue weighted by atomic mass is 10.2. The molecule has 69 valence electrons. The highest BCUT2D eigenvalue weighted by Gasteiger charge is 2.13. The van der Waals surface area contributed by atoms with Crippen LogP contribution in [0.2, 0.25) is 0 Å². The van der Waals surface area contributed by atoms with Crippen molar-refractivity contribution in [2.24, 2.45) is 0 Å². The van der Waals surface area contributed by atoms with Crippen LogP contribution in [0.15, 0.2) is 30.3 Å². The van der Waals surface area contributed by atoms with Crippen molar-refractivity contribution in [3.8, 4) is 0 Å². The molecule has 1 atom stereocenters. The molecular formula is C11H15N2. The molecule has 1 aliphatic rings. The fourth-order valence-corrected chi connectivity index (χ4v) is 1.61. The molecule has 0 amide bonds. The van der Waals surface area contributed by atoms with Crippen molar-refractivity contribution in [2.75, 3.05) is 13.1 Å². The molecule has 1 fully saturated rings. The smallest absolute Gasteiger partial charge is 0.0288 e. The Hall–Kier alpha value is -0.860. The third kappa shape index (κ3) is 2.54. The number of hydrogen-bond donors (Lipinski definition) is 1. The molecule has 1 aromatic carbocycles. The normalized spacial score (nSPS) is 22.0. The highest BCUT2D eigenvalue weighted by Crippen LogP contribution is 2.02. The summed E-state index contributed by atoms with van der Waals surface area (Å²) < 4.78 is 0. The first-order valence-electron chi connectivity index (χ1n) is 4.86. The fraction of sp³-hybridized carbons (Fsp3) is 0.455. The molecule has 1 aromatic rings. The van der Waals surface area contributed by atoms with Gasteiger partial charge in [0.15, 0.2) is 0 Å². The first kappa shape index (κ1) is 8.73. The predicted molar refractivity (Wildman–Crippen MR) is 53.6 cm³/mol. The Bertz CT molecular complexity index is 240. The van der Waals surface area contributed by atoms with E-state index >= 15 is 0 Å². The maximum atomic E-state index is 4.31. The molecule has 1 heterocycles. The molecule has 1 radical (unpaired) electrons. The summed E-state index contributed by atoms with van der Waals surface area (Å²) in [4.78, 5) is 0. The molecule has 0 aromatic heterocycles. The van der Waals surface area contributed by atoms with Crippen molar-refractivity contribution in [3.63, 3.8) is 0 Å². The van der Waals surface area contributed by atoms with Crippen molar-refractivity contribution in [3.05, 3.63) is 35.9 Å². The van der Waals surface area contributed by atoms with Gasteiger partial charge in [0.2, 0.25) is 0 Å². The molecular weight excluding hydrogens is 160 g/mol. The summed E-state index contributed by atoms with van der Waals surface area (Å²) >= 11 is 0. The van der Waals surface area contributed by atoms with E-state index in [1.54, 1.807) is 0 Å². The molecule has 1 N–H and O–H groups in total. The van der Waals surface area contributed by atoms with Crippen molar-refractivity contribution in [2.45, 2.75) is 19.0 Å². The van der Waals surface area contributed by atoms with E-state index in [1.807, 2.05) is 0 Å². The number of nitrogens with zero attached hydrogens (tertiary/aromatic N) is 1. The van der Waals surface area contributed by atoms with Crippen LogP contribution in [0, 0.1) is 0 Å². The lowest BCUT2D eigenvalue weighted by Gasteiger charge is -2.10. The molecule has 1 saturated heterocycles. The topological polar surface area (TPSA) is 26.1 Å². The van der Waals surface area contributed by atoms with Crippen molar-refractivity contribution >= 4 is 0 Å². The summed E-state index contributed by atoms with van der Waals surface area (Å²) in [5.41, 5.74) is 1.36. The molecule has 0 bridgehead atoms. The molecule has 1 aliphatic heterocycles. The van der Waals surface area contributed by atoms with E-state index in [0.717, 1.165) is 19.6 Å². The van der Waals surface area contributed by atoms with Crippen LogP contribution in [-0.4, -0.2) is 19.1 Å². The maximum absolute atomic E-state index is 4.31. The van der Waals surface area contributed by atoms with Gasteiger partial charge in [0.05, 0.1) is 0 Å².